The van der Waals surface area contributed by atoms with Crippen molar-refractivity contribution in [3.63, 3.8) is 0 Å². The van der Waals surface area contributed by atoms with Crippen LogP contribution in [0.1, 0.15) is 12.5 Å². The summed E-state index contributed by atoms with van der Waals surface area (Å²) in [7, 11) is 0. The average molecular weight is 333 g/mol. The maximum absolute atomic E-state index is 12.2. The van der Waals surface area contributed by atoms with Gasteiger partial charge in [0.1, 0.15) is 5.75 Å². The number of aromatic nitrogens is 2. The van der Waals surface area contributed by atoms with Crippen molar-refractivity contribution in [2.24, 2.45) is 0 Å². The molecule has 0 aliphatic heterocycles. The first kappa shape index (κ1) is 16.6. The summed E-state index contributed by atoms with van der Waals surface area (Å²) < 4.78 is 5.63. The number of nitrogens with one attached hydrogen (secondary N) is 1. The van der Waals surface area contributed by atoms with Crippen LogP contribution in [0.3, 0.4) is 0 Å². The van der Waals surface area contributed by atoms with Crippen molar-refractivity contribution in [3.05, 3.63) is 78.8 Å². The summed E-state index contributed by atoms with van der Waals surface area (Å²) in [6.45, 7) is 2.15. The standard InChI is InChI=1S/C20H19N3O2/c1-15(25-18-5-3-2-4-6-18)20(24)23-14-16-7-12-22-19(13-16)17-8-10-21-11-9-17/h2-13,15H,14H2,1H3,(H,23,24). The summed E-state index contributed by atoms with van der Waals surface area (Å²) in [5.74, 6) is 0.514. The lowest BCUT2D eigenvalue weighted by Gasteiger charge is -2.14. The first-order chi connectivity index (χ1) is 12.2. The molecule has 0 radical (unpaired) electrons. The van der Waals surface area contributed by atoms with Crippen LogP contribution in [0.2, 0.25) is 0 Å². The van der Waals surface area contributed by atoms with E-state index in [0.29, 0.717) is 12.3 Å². The van der Waals surface area contributed by atoms with Crippen molar-refractivity contribution in [2.75, 3.05) is 0 Å². The second kappa shape index (κ2) is 8.06. The topological polar surface area (TPSA) is 64.1 Å². The van der Waals surface area contributed by atoms with Crippen LogP contribution in [-0.2, 0) is 11.3 Å². The van der Waals surface area contributed by atoms with Crippen LogP contribution in [0.25, 0.3) is 11.3 Å². The van der Waals surface area contributed by atoms with Gasteiger partial charge < -0.3 is 10.1 Å². The number of ether oxygens (including phenoxy) is 1. The Morgan fingerprint density at radius 1 is 1.08 bits per heavy atom. The van der Waals surface area contributed by atoms with Gasteiger partial charge in [0.25, 0.3) is 5.91 Å². The molecule has 1 amide bonds. The lowest BCUT2D eigenvalue weighted by atomic mass is 10.1. The molecule has 1 N–H and O–H groups in total. The van der Waals surface area contributed by atoms with Crippen molar-refractivity contribution in [1.29, 1.82) is 0 Å². The zero-order valence-electron chi connectivity index (χ0n) is 13.9. The number of para-hydroxylation sites is 1. The van der Waals surface area contributed by atoms with Crippen LogP contribution in [-0.4, -0.2) is 22.0 Å². The van der Waals surface area contributed by atoms with Gasteiger partial charge >= 0.3 is 0 Å². The van der Waals surface area contributed by atoms with E-state index in [1.165, 1.54) is 0 Å². The molecule has 2 aromatic heterocycles. The van der Waals surface area contributed by atoms with Crippen LogP contribution in [0.4, 0.5) is 0 Å². The van der Waals surface area contributed by atoms with Crippen molar-refractivity contribution in [2.45, 2.75) is 19.6 Å². The Morgan fingerprint density at radius 2 is 1.84 bits per heavy atom. The zero-order valence-corrected chi connectivity index (χ0v) is 13.9. The third-order valence-electron chi connectivity index (χ3n) is 3.69. The summed E-state index contributed by atoms with van der Waals surface area (Å²) in [6, 6.07) is 16.9. The zero-order chi connectivity index (χ0) is 17.5. The second-order valence-corrected chi connectivity index (χ2v) is 5.58. The van der Waals surface area contributed by atoms with Gasteiger partial charge in [-0.2, -0.15) is 0 Å². The molecule has 0 saturated heterocycles. The number of amides is 1. The van der Waals surface area contributed by atoms with E-state index in [9.17, 15) is 4.79 Å². The molecule has 3 rings (SSSR count). The Morgan fingerprint density at radius 3 is 2.60 bits per heavy atom. The van der Waals surface area contributed by atoms with Crippen LogP contribution in [0.5, 0.6) is 5.75 Å². The number of nitrogens with zero attached hydrogens (tertiary/aromatic N) is 2. The molecule has 5 heteroatoms. The Kier molecular flexibility index (Phi) is 5.36. The fourth-order valence-corrected chi connectivity index (χ4v) is 2.35. The lowest BCUT2D eigenvalue weighted by molar-refractivity contribution is -0.127. The van der Waals surface area contributed by atoms with Gasteiger partial charge in [0, 0.05) is 30.7 Å². The highest BCUT2D eigenvalue weighted by molar-refractivity contribution is 5.80. The lowest BCUT2D eigenvalue weighted by Crippen LogP contribution is -2.35. The molecule has 2 heterocycles. The Hall–Kier alpha value is -3.21. The van der Waals surface area contributed by atoms with Gasteiger partial charge in [-0.15, -0.1) is 0 Å². The van der Waals surface area contributed by atoms with Crippen molar-refractivity contribution in [3.8, 4) is 17.0 Å². The van der Waals surface area contributed by atoms with E-state index in [0.717, 1.165) is 16.8 Å². The summed E-state index contributed by atoms with van der Waals surface area (Å²) in [5, 5.41) is 2.89. The molecule has 0 aliphatic carbocycles. The summed E-state index contributed by atoms with van der Waals surface area (Å²) in [4.78, 5) is 20.6. The van der Waals surface area contributed by atoms with Crippen LogP contribution in [0.15, 0.2) is 73.2 Å². The van der Waals surface area contributed by atoms with E-state index in [-0.39, 0.29) is 5.91 Å². The minimum atomic E-state index is -0.566. The van der Waals surface area contributed by atoms with Gasteiger partial charge in [0.15, 0.2) is 6.10 Å². The minimum absolute atomic E-state index is 0.161. The molecule has 0 bridgehead atoms. The number of pyridine rings is 2. The molecule has 3 aromatic rings. The second-order valence-electron chi connectivity index (χ2n) is 5.58. The van der Waals surface area contributed by atoms with Gasteiger partial charge in [0.2, 0.25) is 0 Å². The summed E-state index contributed by atoms with van der Waals surface area (Å²) in [5.41, 5.74) is 2.81. The average Bonchev–Trinajstić information content (AvgIpc) is 2.68. The fourth-order valence-electron chi connectivity index (χ4n) is 2.35. The third-order valence-corrected chi connectivity index (χ3v) is 3.69. The molecule has 0 aliphatic rings. The predicted octanol–water partition coefficient (Wildman–Crippen LogP) is 3.23. The Labute approximate surface area is 146 Å². The Balaban J connectivity index is 1.59. The largest absolute Gasteiger partial charge is 0.481 e. The van der Waals surface area contributed by atoms with Gasteiger partial charge in [-0.3, -0.25) is 14.8 Å². The van der Waals surface area contributed by atoms with E-state index in [2.05, 4.69) is 15.3 Å². The maximum Gasteiger partial charge on any atom is 0.261 e. The molecule has 1 atom stereocenters. The molecule has 0 spiro atoms. The van der Waals surface area contributed by atoms with Gasteiger partial charge in [-0.25, -0.2) is 0 Å². The maximum atomic E-state index is 12.2. The normalized spacial score (nSPS) is 11.6. The highest BCUT2D eigenvalue weighted by Crippen LogP contribution is 2.16. The summed E-state index contributed by atoms with van der Waals surface area (Å²) >= 11 is 0. The quantitative estimate of drug-likeness (QED) is 0.752. The number of rotatable bonds is 6. The van der Waals surface area contributed by atoms with Gasteiger partial charge in [-0.05, 0) is 48.9 Å². The molecule has 0 fully saturated rings. The van der Waals surface area contributed by atoms with Crippen molar-refractivity contribution < 1.29 is 9.53 Å². The SMILES string of the molecule is CC(Oc1ccccc1)C(=O)NCc1ccnc(-c2ccncc2)c1. The van der Waals surface area contributed by atoms with E-state index < -0.39 is 6.10 Å². The van der Waals surface area contributed by atoms with Gasteiger partial charge in [-0.1, -0.05) is 18.2 Å². The first-order valence-electron chi connectivity index (χ1n) is 8.07. The predicted molar refractivity (Wildman–Crippen MR) is 95.8 cm³/mol. The monoisotopic (exact) mass is 333 g/mol. The molecule has 0 saturated carbocycles. The number of hydrogen-bond donors (Lipinski definition) is 1. The smallest absolute Gasteiger partial charge is 0.261 e. The van der Waals surface area contributed by atoms with E-state index in [1.807, 2.05) is 54.6 Å². The molecule has 126 valence electrons. The van der Waals surface area contributed by atoms with Crippen molar-refractivity contribution >= 4 is 5.91 Å². The number of hydrogen-bond acceptors (Lipinski definition) is 4. The third kappa shape index (κ3) is 4.64. The van der Waals surface area contributed by atoms with E-state index in [4.69, 9.17) is 4.74 Å². The number of benzene rings is 1. The molecule has 25 heavy (non-hydrogen) atoms. The first-order valence-corrected chi connectivity index (χ1v) is 8.07. The molecular weight excluding hydrogens is 314 g/mol. The number of carbonyl (C=O) groups excluding carboxylic acids is 1. The fraction of sp³-hybridized carbons (Fsp3) is 0.150. The van der Waals surface area contributed by atoms with Crippen molar-refractivity contribution in [1.82, 2.24) is 15.3 Å². The minimum Gasteiger partial charge on any atom is -0.481 e. The number of carbonyl (C=O) groups is 1. The molecular formula is C20H19N3O2. The molecule has 1 unspecified atom stereocenters. The molecule has 5 nitrogen and oxygen atoms in total. The van der Waals surface area contributed by atoms with Crippen LogP contribution < -0.4 is 10.1 Å². The summed E-state index contributed by atoms with van der Waals surface area (Å²) in [6.07, 6.45) is 4.63. The van der Waals surface area contributed by atoms with Crippen LogP contribution in [0, 0.1) is 0 Å². The van der Waals surface area contributed by atoms with E-state index >= 15 is 0 Å². The van der Waals surface area contributed by atoms with Gasteiger partial charge in [0.05, 0.1) is 5.69 Å². The Bertz CT molecular complexity index is 823. The van der Waals surface area contributed by atoms with E-state index in [1.54, 1.807) is 25.5 Å². The highest BCUT2D eigenvalue weighted by atomic mass is 16.5. The highest BCUT2D eigenvalue weighted by Gasteiger charge is 2.14. The van der Waals surface area contributed by atoms with Crippen LogP contribution >= 0.6 is 0 Å². The molecule has 1 aromatic carbocycles.